The van der Waals surface area contributed by atoms with E-state index in [4.69, 9.17) is 5.73 Å². The van der Waals surface area contributed by atoms with Crippen LogP contribution in [-0.4, -0.2) is 28.8 Å². The summed E-state index contributed by atoms with van der Waals surface area (Å²) in [4.78, 5) is 36.3. The lowest BCUT2D eigenvalue weighted by molar-refractivity contribution is -0.117. The van der Waals surface area contributed by atoms with E-state index < -0.39 is 11.8 Å². The first-order chi connectivity index (χ1) is 14.8. The van der Waals surface area contributed by atoms with Crippen molar-refractivity contribution >= 4 is 23.4 Å². The van der Waals surface area contributed by atoms with Gasteiger partial charge in [-0.3, -0.25) is 14.4 Å². The predicted octanol–water partition coefficient (Wildman–Crippen LogP) is 3.09. The number of hydrogen-bond acceptors (Lipinski definition) is 3. The molecule has 0 aliphatic carbocycles. The summed E-state index contributed by atoms with van der Waals surface area (Å²) >= 11 is 0. The van der Waals surface area contributed by atoms with Crippen LogP contribution in [0.5, 0.6) is 0 Å². The number of nitrogens with zero attached hydrogens (tertiary/aromatic N) is 1. The second-order valence-corrected chi connectivity index (χ2v) is 7.07. The lowest BCUT2D eigenvalue weighted by Gasteiger charge is -2.12. The first-order valence-corrected chi connectivity index (χ1v) is 9.69. The number of nitrogens with two attached hydrogens (primary N) is 1. The Morgan fingerprint density at radius 1 is 0.968 bits per heavy atom. The van der Waals surface area contributed by atoms with Crippen LogP contribution in [0.2, 0.25) is 0 Å². The van der Waals surface area contributed by atoms with Gasteiger partial charge in [-0.1, -0.05) is 12.1 Å². The Hall–Kier alpha value is -3.94. The molecule has 0 aliphatic heterocycles. The fourth-order valence-corrected chi connectivity index (χ4v) is 3.35. The number of halogens is 1. The van der Waals surface area contributed by atoms with Crippen molar-refractivity contribution in [3.63, 3.8) is 0 Å². The molecule has 1 heterocycles. The topological polar surface area (TPSA) is 106 Å². The van der Waals surface area contributed by atoms with Gasteiger partial charge >= 0.3 is 0 Å². The van der Waals surface area contributed by atoms with Gasteiger partial charge in [-0.05, 0) is 56.3 Å². The number of carbonyl (C=O) groups excluding carboxylic acids is 3. The molecule has 3 aromatic rings. The first-order valence-electron chi connectivity index (χ1n) is 9.69. The van der Waals surface area contributed by atoms with Gasteiger partial charge < -0.3 is 20.9 Å². The molecule has 0 atom stereocenters. The van der Waals surface area contributed by atoms with E-state index in [9.17, 15) is 18.8 Å². The van der Waals surface area contributed by atoms with Crippen molar-refractivity contribution in [2.24, 2.45) is 5.73 Å². The highest BCUT2D eigenvalue weighted by molar-refractivity contribution is 6.09. The molecule has 3 amide bonds. The molecule has 0 radical (unpaired) electrons. The molecule has 8 heteroatoms. The maximum atomic E-state index is 13.3. The molecule has 160 valence electrons. The van der Waals surface area contributed by atoms with Crippen molar-refractivity contribution in [1.82, 2.24) is 9.88 Å². The number of primary amides is 1. The monoisotopic (exact) mass is 422 g/mol. The van der Waals surface area contributed by atoms with Gasteiger partial charge in [-0.15, -0.1) is 0 Å². The maximum absolute atomic E-state index is 13.3. The van der Waals surface area contributed by atoms with Crippen molar-refractivity contribution in [1.29, 1.82) is 0 Å². The van der Waals surface area contributed by atoms with Gasteiger partial charge in [0, 0.05) is 30.0 Å². The average Bonchev–Trinajstić information content (AvgIpc) is 3.03. The highest BCUT2D eigenvalue weighted by Crippen LogP contribution is 2.23. The number of anilines is 1. The zero-order valence-electron chi connectivity index (χ0n) is 17.2. The van der Waals surface area contributed by atoms with Gasteiger partial charge in [0.2, 0.25) is 5.91 Å². The summed E-state index contributed by atoms with van der Waals surface area (Å²) < 4.78 is 15.1. The molecule has 0 saturated carbocycles. The fourth-order valence-electron chi connectivity index (χ4n) is 3.35. The van der Waals surface area contributed by atoms with E-state index in [0.29, 0.717) is 16.9 Å². The van der Waals surface area contributed by atoms with E-state index in [1.54, 1.807) is 49.4 Å². The van der Waals surface area contributed by atoms with Crippen LogP contribution < -0.4 is 16.4 Å². The van der Waals surface area contributed by atoms with Crippen molar-refractivity contribution in [3.05, 3.63) is 82.9 Å². The van der Waals surface area contributed by atoms with Crippen LogP contribution >= 0.6 is 0 Å². The fraction of sp³-hybridized carbons (Fsp3) is 0.174. The van der Waals surface area contributed by atoms with Crippen LogP contribution in [0.15, 0.2) is 54.6 Å². The largest absolute Gasteiger partial charge is 0.370 e. The molecule has 0 unspecified atom stereocenters. The molecule has 0 saturated heterocycles. The summed E-state index contributed by atoms with van der Waals surface area (Å²) in [5, 5.41) is 5.39. The first kappa shape index (κ1) is 21.8. The molecule has 3 rings (SSSR count). The molecule has 0 fully saturated rings. The minimum Gasteiger partial charge on any atom is -0.370 e. The smallest absolute Gasteiger partial charge is 0.257 e. The second kappa shape index (κ2) is 9.25. The zero-order valence-corrected chi connectivity index (χ0v) is 17.2. The molecule has 2 aromatic carbocycles. The zero-order chi connectivity index (χ0) is 22.5. The summed E-state index contributed by atoms with van der Waals surface area (Å²) in [5.74, 6) is -1.65. The number of aryl methyl sites for hydroxylation is 1. The Morgan fingerprint density at radius 2 is 1.65 bits per heavy atom. The van der Waals surface area contributed by atoms with Crippen LogP contribution in [0.3, 0.4) is 0 Å². The van der Waals surface area contributed by atoms with Crippen LogP contribution in [0.25, 0.3) is 5.69 Å². The Balaban J connectivity index is 1.83. The van der Waals surface area contributed by atoms with Crippen molar-refractivity contribution in [3.8, 4) is 5.69 Å². The molecular formula is C23H23FN4O3. The standard InChI is InChI=1S/C23H23FN4O3/c1-14-13-19(15(2)28(14)17-9-7-16(24)8-10-17)23(31)27-20-6-4-3-5-18(20)22(30)26-12-11-21(25)29/h3-10,13H,11-12H2,1-2H3,(H2,25,29)(H,26,30)(H,27,31). The molecule has 0 aliphatic rings. The summed E-state index contributed by atoms with van der Waals surface area (Å²) in [7, 11) is 0. The third-order valence-electron chi connectivity index (χ3n) is 4.84. The van der Waals surface area contributed by atoms with Gasteiger partial charge in [0.25, 0.3) is 11.8 Å². The van der Waals surface area contributed by atoms with Gasteiger partial charge in [0.15, 0.2) is 0 Å². The summed E-state index contributed by atoms with van der Waals surface area (Å²) in [6, 6.07) is 14.3. The van der Waals surface area contributed by atoms with E-state index in [0.717, 1.165) is 11.4 Å². The molecular weight excluding hydrogens is 399 g/mol. The number of rotatable bonds is 7. The Bertz CT molecular complexity index is 1140. The Morgan fingerprint density at radius 3 is 2.32 bits per heavy atom. The van der Waals surface area contributed by atoms with Crippen LogP contribution in [0.1, 0.15) is 38.5 Å². The van der Waals surface area contributed by atoms with E-state index in [1.165, 1.54) is 12.1 Å². The summed E-state index contributed by atoms with van der Waals surface area (Å²) in [6.07, 6.45) is 0.0235. The van der Waals surface area contributed by atoms with E-state index in [2.05, 4.69) is 10.6 Å². The van der Waals surface area contributed by atoms with Gasteiger partial charge in [0.1, 0.15) is 5.82 Å². The Labute approximate surface area is 179 Å². The van der Waals surface area contributed by atoms with Gasteiger partial charge in [-0.25, -0.2) is 4.39 Å². The van der Waals surface area contributed by atoms with Crippen molar-refractivity contribution < 1.29 is 18.8 Å². The van der Waals surface area contributed by atoms with Gasteiger partial charge in [0.05, 0.1) is 16.8 Å². The normalized spacial score (nSPS) is 10.5. The second-order valence-electron chi connectivity index (χ2n) is 7.07. The maximum Gasteiger partial charge on any atom is 0.257 e. The number of benzene rings is 2. The summed E-state index contributed by atoms with van der Waals surface area (Å²) in [6.45, 7) is 3.76. The highest BCUT2D eigenvalue weighted by Gasteiger charge is 2.19. The number of carbonyl (C=O) groups is 3. The lowest BCUT2D eigenvalue weighted by atomic mass is 10.1. The molecule has 1 aromatic heterocycles. The van der Waals surface area contributed by atoms with Crippen molar-refractivity contribution in [2.45, 2.75) is 20.3 Å². The molecule has 7 nitrogen and oxygen atoms in total. The lowest BCUT2D eigenvalue weighted by Crippen LogP contribution is -2.28. The third-order valence-corrected chi connectivity index (χ3v) is 4.84. The highest BCUT2D eigenvalue weighted by atomic mass is 19.1. The minimum absolute atomic E-state index is 0.0235. The van der Waals surface area contributed by atoms with Crippen molar-refractivity contribution in [2.75, 3.05) is 11.9 Å². The Kier molecular flexibility index (Phi) is 6.49. The molecule has 0 bridgehead atoms. The summed E-state index contributed by atoms with van der Waals surface area (Å²) in [5.41, 5.74) is 8.37. The molecule has 0 spiro atoms. The number of para-hydroxylation sites is 1. The van der Waals surface area contributed by atoms with E-state index >= 15 is 0 Å². The van der Waals surface area contributed by atoms with Crippen LogP contribution in [-0.2, 0) is 4.79 Å². The number of aromatic nitrogens is 1. The molecule has 4 N–H and O–H groups in total. The van der Waals surface area contributed by atoms with E-state index in [1.807, 2.05) is 11.5 Å². The SMILES string of the molecule is Cc1cc(C(=O)Nc2ccccc2C(=O)NCCC(N)=O)c(C)n1-c1ccc(F)cc1. The molecule has 31 heavy (non-hydrogen) atoms. The number of amides is 3. The van der Waals surface area contributed by atoms with E-state index in [-0.39, 0.29) is 30.3 Å². The van der Waals surface area contributed by atoms with Crippen LogP contribution in [0.4, 0.5) is 10.1 Å². The van der Waals surface area contributed by atoms with Crippen LogP contribution in [0, 0.1) is 19.7 Å². The number of hydrogen-bond donors (Lipinski definition) is 3. The minimum atomic E-state index is -0.515. The number of nitrogens with one attached hydrogen (secondary N) is 2. The average molecular weight is 422 g/mol. The van der Waals surface area contributed by atoms with Gasteiger partial charge in [-0.2, -0.15) is 0 Å². The quantitative estimate of drug-likeness (QED) is 0.545. The predicted molar refractivity (Wildman–Crippen MR) is 116 cm³/mol. The third kappa shape index (κ3) is 4.98.